The number of nitrogens with zero attached hydrogens (tertiary/aromatic N) is 3. The predicted molar refractivity (Wildman–Crippen MR) is 88.5 cm³/mol. The number of para-hydroxylation sites is 1. The van der Waals surface area contributed by atoms with Crippen molar-refractivity contribution in [2.75, 3.05) is 5.32 Å². The van der Waals surface area contributed by atoms with Crippen LogP contribution in [0, 0.1) is 13.8 Å². The van der Waals surface area contributed by atoms with E-state index >= 15 is 0 Å². The number of pyridine rings is 1. The van der Waals surface area contributed by atoms with Gasteiger partial charge in [0.05, 0.1) is 0 Å². The number of benzene rings is 1. The third-order valence-corrected chi connectivity index (χ3v) is 3.52. The zero-order valence-corrected chi connectivity index (χ0v) is 13.3. The molecule has 0 aliphatic rings. The van der Waals surface area contributed by atoms with Gasteiger partial charge in [-0.1, -0.05) is 29.4 Å². The minimum absolute atomic E-state index is 0.148. The largest absolute Gasteiger partial charge is 0.332 e. The highest BCUT2D eigenvalue weighted by Gasteiger charge is 2.15. The van der Waals surface area contributed by atoms with Gasteiger partial charge in [0.25, 0.3) is 11.4 Å². The van der Waals surface area contributed by atoms with Gasteiger partial charge < -0.3 is 9.84 Å². The lowest BCUT2D eigenvalue weighted by Gasteiger charge is -2.11. The normalized spacial score (nSPS) is 10.6. The first-order chi connectivity index (χ1) is 11.5. The van der Waals surface area contributed by atoms with E-state index in [2.05, 4.69) is 15.5 Å². The molecule has 0 aliphatic heterocycles. The number of hydrogen-bond acceptors (Lipinski definition) is 5. The molecule has 2 heterocycles. The fraction of sp³-hybridized carbons (Fsp3) is 0.176. The summed E-state index contributed by atoms with van der Waals surface area (Å²) in [4.78, 5) is 28.6. The van der Waals surface area contributed by atoms with E-state index in [9.17, 15) is 9.59 Å². The van der Waals surface area contributed by atoms with Crippen molar-refractivity contribution in [2.45, 2.75) is 20.4 Å². The Kier molecular flexibility index (Phi) is 4.24. The molecule has 1 aromatic carbocycles. The molecule has 1 N–H and O–H groups in total. The molecule has 7 nitrogen and oxygen atoms in total. The summed E-state index contributed by atoms with van der Waals surface area (Å²) in [5.41, 5.74) is 1.74. The standard InChI is InChI=1S/C17H16N4O3/c1-11-6-3-4-7-13(11)19-15(22)10-21-14(8-5-9-16(21)23)17-18-12(2)20-24-17/h3-9H,10H2,1-2H3,(H,19,22). The van der Waals surface area contributed by atoms with Gasteiger partial charge in [-0.25, -0.2) is 0 Å². The average Bonchev–Trinajstić information content (AvgIpc) is 2.98. The topological polar surface area (TPSA) is 90.0 Å². The van der Waals surface area contributed by atoms with E-state index in [1.165, 1.54) is 10.6 Å². The predicted octanol–water partition coefficient (Wildman–Crippen LogP) is 2.15. The van der Waals surface area contributed by atoms with Crippen molar-refractivity contribution in [3.8, 4) is 11.6 Å². The molecule has 24 heavy (non-hydrogen) atoms. The highest BCUT2D eigenvalue weighted by molar-refractivity contribution is 5.91. The van der Waals surface area contributed by atoms with Crippen LogP contribution < -0.4 is 10.9 Å². The van der Waals surface area contributed by atoms with Gasteiger partial charge in [-0.2, -0.15) is 4.98 Å². The van der Waals surface area contributed by atoms with Crippen LogP contribution in [0.1, 0.15) is 11.4 Å². The summed E-state index contributed by atoms with van der Waals surface area (Å²) < 4.78 is 6.42. The van der Waals surface area contributed by atoms with Crippen molar-refractivity contribution in [1.29, 1.82) is 0 Å². The van der Waals surface area contributed by atoms with Crippen molar-refractivity contribution in [3.63, 3.8) is 0 Å². The van der Waals surface area contributed by atoms with E-state index in [4.69, 9.17) is 4.52 Å². The highest BCUT2D eigenvalue weighted by atomic mass is 16.5. The molecule has 0 atom stereocenters. The summed E-state index contributed by atoms with van der Waals surface area (Å²) in [6.45, 7) is 3.44. The van der Waals surface area contributed by atoms with E-state index in [1.54, 1.807) is 19.1 Å². The fourth-order valence-electron chi connectivity index (χ4n) is 2.32. The smallest absolute Gasteiger partial charge is 0.274 e. The molecule has 3 aromatic rings. The Morgan fingerprint density at radius 3 is 2.67 bits per heavy atom. The molecule has 0 fully saturated rings. The van der Waals surface area contributed by atoms with Crippen LogP contribution in [-0.4, -0.2) is 20.6 Å². The van der Waals surface area contributed by atoms with Gasteiger partial charge in [-0.3, -0.25) is 14.2 Å². The van der Waals surface area contributed by atoms with E-state index in [-0.39, 0.29) is 23.9 Å². The second-order valence-corrected chi connectivity index (χ2v) is 5.35. The molecule has 1 amide bonds. The van der Waals surface area contributed by atoms with Crippen LogP contribution in [0.3, 0.4) is 0 Å². The van der Waals surface area contributed by atoms with Crippen LogP contribution in [0.15, 0.2) is 51.8 Å². The maximum atomic E-state index is 12.3. The Morgan fingerprint density at radius 2 is 1.96 bits per heavy atom. The molecule has 3 rings (SSSR count). The Hall–Kier alpha value is -3.22. The Morgan fingerprint density at radius 1 is 1.17 bits per heavy atom. The zero-order valence-electron chi connectivity index (χ0n) is 13.3. The number of hydrogen-bond donors (Lipinski definition) is 1. The summed E-state index contributed by atoms with van der Waals surface area (Å²) in [6, 6.07) is 12.1. The van der Waals surface area contributed by atoms with Crippen LogP contribution in [0.4, 0.5) is 5.69 Å². The first kappa shape index (κ1) is 15.7. The molecule has 0 spiro atoms. The van der Waals surface area contributed by atoms with E-state index in [0.29, 0.717) is 17.2 Å². The molecule has 0 aliphatic carbocycles. The molecule has 7 heteroatoms. The Bertz CT molecular complexity index is 943. The van der Waals surface area contributed by atoms with Crippen LogP contribution in [0.2, 0.25) is 0 Å². The lowest BCUT2D eigenvalue weighted by molar-refractivity contribution is -0.116. The van der Waals surface area contributed by atoms with Crippen molar-refractivity contribution >= 4 is 11.6 Å². The lowest BCUT2D eigenvalue weighted by Crippen LogP contribution is -2.28. The summed E-state index contributed by atoms with van der Waals surface area (Å²) in [7, 11) is 0. The second-order valence-electron chi connectivity index (χ2n) is 5.35. The number of nitrogens with one attached hydrogen (secondary N) is 1. The molecular formula is C17H16N4O3. The molecule has 2 aromatic heterocycles. The molecule has 0 radical (unpaired) electrons. The van der Waals surface area contributed by atoms with Crippen molar-refractivity contribution in [3.05, 3.63) is 64.2 Å². The molecule has 0 unspecified atom stereocenters. The van der Waals surface area contributed by atoms with E-state index in [1.807, 2.05) is 31.2 Å². The van der Waals surface area contributed by atoms with Crippen molar-refractivity contribution in [2.24, 2.45) is 0 Å². The number of anilines is 1. The average molecular weight is 324 g/mol. The quantitative estimate of drug-likeness (QED) is 0.794. The maximum absolute atomic E-state index is 12.3. The highest BCUT2D eigenvalue weighted by Crippen LogP contribution is 2.16. The van der Waals surface area contributed by atoms with E-state index in [0.717, 1.165) is 5.56 Å². The van der Waals surface area contributed by atoms with Crippen LogP contribution in [0.25, 0.3) is 11.6 Å². The van der Waals surface area contributed by atoms with Crippen LogP contribution in [-0.2, 0) is 11.3 Å². The van der Waals surface area contributed by atoms with Gasteiger partial charge in [-0.15, -0.1) is 0 Å². The zero-order chi connectivity index (χ0) is 17.1. The Balaban J connectivity index is 1.89. The monoisotopic (exact) mass is 324 g/mol. The van der Waals surface area contributed by atoms with Crippen molar-refractivity contribution < 1.29 is 9.32 Å². The molecule has 0 bridgehead atoms. The fourth-order valence-corrected chi connectivity index (χ4v) is 2.32. The second kappa shape index (κ2) is 6.49. The number of aromatic nitrogens is 3. The minimum atomic E-state index is -0.316. The summed E-state index contributed by atoms with van der Waals surface area (Å²) >= 11 is 0. The number of amides is 1. The van der Waals surface area contributed by atoms with Gasteiger partial charge in [0.2, 0.25) is 5.91 Å². The van der Waals surface area contributed by atoms with Gasteiger partial charge >= 0.3 is 0 Å². The van der Waals surface area contributed by atoms with Gasteiger partial charge in [0.15, 0.2) is 5.82 Å². The number of carbonyl (C=O) groups is 1. The minimum Gasteiger partial charge on any atom is -0.332 e. The third kappa shape index (κ3) is 3.24. The number of aryl methyl sites for hydroxylation is 2. The summed E-state index contributed by atoms with van der Waals surface area (Å²) in [5.74, 6) is 0.348. The van der Waals surface area contributed by atoms with Crippen molar-refractivity contribution in [1.82, 2.24) is 14.7 Å². The molecule has 0 saturated carbocycles. The molecule has 122 valence electrons. The lowest BCUT2D eigenvalue weighted by atomic mass is 10.2. The van der Waals surface area contributed by atoms with Gasteiger partial charge in [0.1, 0.15) is 12.2 Å². The summed E-state index contributed by atoms with van der Waals surface area (Å²) in [5, 5.41) is 6.52. The van der Waals surface area contributed by atoms with Gasteiger partial charge in [0, 0.05) is 11.8 Å². The first-order valence-electron chi connectivity index (χ1n) is 7.40. The number of rotatable bonds is 4. The third-order valence-electron chi connectivity index (χ3n) is 3.52. The summed E-state index contributed by atoms with van der Waals surface area (Å²) in [6.07, 6.45) is 0. The first-order valence-corrected chi connectivity index (χ1v) is 7.40. The number of carbonyl (C=O) groups excluding carboxylic acids is 1. The Labute approximate surface area is 137 Å². The van der Waals surface area contributed by atoms with Crippen LogP contribution in [0.5, 0.6) is 0 Å². The molecular weight excluding hydrogens is 308 g/mol. The van der Waals surface area contributed by atoms with E-state index < -0.39 is 0 Å². The maximum Gasteiger partial charge on any atom is 0.274 e. The molecule has 0 saturated heterocycles. The SMILES string of the molecule is Cc1noc(-c2cccc(=O)n2CC(=O)Nc2ccccc2C)n1. The van der Waals surface area contributed by atoms with Crippen LogP contribution >= 0.6 is 0 Å². The van der Waals surface area contributed by atoms with Gasteiger partial charge in [-0.05, 0) is 31.5 Å².